The monoisotopic (exact) mass is 880 g/mol. The average molecular weight is 881 g/mol. The fourth-order valence-corrected chi connectivity index (χ4v) is 7.67. The standard InChI is InChI=1S/C48H40BN3O.Pt/c1-47(2,3)33-23-25-50-40(29-33)31-13-11-14-35(27-31)49-38-17-8-9-18-42(38)52(44-19-12-16-37-36-15-7-10-20-45(36)53-46(37)44)43-22-21-32(28-39(43)49)41-30-34(24-26-51-41)48(4,5)6;/h7-26,29-30H,1-6H3;/q-2;+2. The van der Waals surface area contributed by atoms with E-state index in [-0.39, 0.29) is 38.6 Å². The first-order chi connectivity index (χ1) is 25.5. The van der Waals surface area contributed by atoms with Gasteiger partial charge in [0.15, 0.2) is 5.58 Å². The van der Waals surface area contributed by atoms with Crippen LogP contribution in [0.4, 0.5) is 17.1 Å². The van der Waals surface area contributed by atoms with E-state index < -0.39 is 0 Å². The molecule has 0 unspecified atom stereocenters. The minimum atomic E-state index is -0.149. The maximum atomic E-state index is 6.64. The van der Waals surface area contributed by atoms with E-state index in [1.54, 1.807) is 0 Å². The Hall–Kier alpha value is -5.25. The number of hydrogen-bond donors (Lipinski definition) is 0. The van der Waals surface area contributed by atoms with E-state index >= 15 is 0 Å². The van der Waals surface area contributed by atoms with E-state index in [9.17, 15) is 0 Å². The van der Waals surface area contributed by atoms with Crippen LogP contribution in [0.15, 0.2) is 138 Å². The molecular formula is C48H40BN3OPt. The Morgan fingerprint density at radius 3 is 1.91 bits per heavy atom. The van der Waals surface area contributed by atoms with E-state index in [2.05, 4.69) is 168 Å². The molecule has 0 aliphatic carbocycles. The van der Waals surface area contributed by atoms with Crippen molar-refractivity contribution in [2.75, 3.05) is 4.90 Å². The van der Waals surface area contributed by atoms with Gasteiger partial charge < -0.3 is 19.3 Å². The van der Waals surface area contributed by atoms with E-state index in [0.29, 0.717) is 0 Å². The van der Waals surface area contributed by atoms with Crippen molar-refractivity contribution in [3.63, 3.8) is 0 Å². The van der Waals surface area contributed by atoms with Gasteiger partial charge in [0.25, 0.3) is 0 Å². The number of furan rings is 1. The quantitative estimate of drug-likeness (QED) is 0.131. The maximum Gasteiger partial charge on any atom is 2.00 e. The molecule has 4 heterocycles. The van der Waals surface area contributed by atoms with Crippen LogP contribution >= 0.6 is 0 Å². The van der Waals surface area contributed by atoms with Gasteiger partial charge in [-0.25, -0.2) is 0 Å². The first-order valence-electron chi connectivity index (χ1n) is 18.4. The van der Waals surface area contributed by atoms with Gasteiger partial charge in [0.1, 0.15) is 5.58 Å². The second-order valence-corrected chi connectivity index (χ2v) is 16.1. The molecular weight excluding hydrogens is 840 g/mol. The molecule has 5 aromatic carbocycles. The van der Waals surface area contributed by atoms with Crippen LogP contribution < -0.4 is 21.3 Å². The first kappa shape index (κ1) is 35.8. The van der Waals surface area contributed by atoms with Gasteiger partial charge >= 0.3 is 21.1 Å². The number of nitrogens with zero attached hydrogens (tertiary/aromatic N) is 3. The summed E-state index contributed by atoms with van der Waals surface area (Å²) in [6.45, 7) is 13.3. The summed E-state index contributed by atoms with van der Waals surface area (Å²) >= 11 is 0. The minimum Gasteiger partial charge on any atom is -0.454 e. The zero-order chi connectivity index (χ0) is 36.5. The molecule has 0 amide bonds. The van der Waals surface area contributed by atoms with Gasteiger partial charge in [0.2, 0.25) is 6.71 Å². The summed E-state index contributed by atoms with van der Waals surface area (Å²) in [5, 5.41) is 2.20. The zero-order valence-corrected chi connectivity index (χ0v) is 33.6. The van der Waals surface area contributed by atoms with Crippen LogP contribution in [0.1, 0.15) is 52.7 Å². The normalized spacial score (nSPS) is 12.8. The van der Waals surface area contributed by atoms with Gasteiger partial charge in [0, 0.05) is 28.9 Å². The van der Waals surface area contributed by atoms with Gasteiger partial charge in [-0.05, 0) is 74.8 Å². The summed E-state index contributed by atoms with van der Waals surface area (Å²) in [7, 11) is 0. The number of aromatic nitrogens is 2. The predicted molar refractivity (Wildman–Crippen MR) is 221 cm³/mol. The number of anilines is 3. The summed E-state index contributed by atoms with van der Waals surface area (Å²) < 4.78 is 6.64. The van der Waals surface area contributed by atoms with Crippen LogP contribution in [-0.4, -0.2) is 16.7 Å². The van der Waals surface area contributed by atoms with Crippen LogP contribution in [0.25, 0.3) is 44.5 Å². The summed E-state index contributed by atoms with van der Waals surface area (Å²) in [5.74, 6) is 0. The molecule has 0 spiro atoms. The Kier molecular flexibility index (Phi) is 8.98. The van der Waals surface area contributed by atoms with E-state index in [0.717, 1.165) is 72.4 Å². The van der Waals surface area contributed by atoms with Crippen molar-refractivity contribution >= 4 is 62.1 Å². The molecule has 54 heavy (non-hydrogen) atoms. The third-order valence-corrected chi connectivity index (χ3v) is 10.5. The average Bonchev–Trinajstić information content (AvgIpc) is 3.55. The second kappa shape index (κ2) is 13.6. The van der Waals surface area contributed by atoms with Crippen molar-refractivity contribution in [2.45, 2.75) is 52.4 Å². The number of fused-ring (bicyclic) bond motifs is 5. The van der Waals surface area contributed by atoms with Crippen LogP contribution in [-0.2, 0) is 31.9 Å². The molecule has 0 fully saturated rings. The molecule has 266 valence electrons. The molecule has 6 heteroatoms. The molecule has 1 aliphatic rings. The van der Waals surface area contributed by atoms with Crippen LogP contribution in [0.3, 0.4) is 0 Å². The summed E-state index contributed by atoms with van der Waals surface area (Å²) in [6, 6.07) is 50.7. The summed E-state index contributed by atoms with van der Waals surface area (Å²) in [6.07, 6.45) is 3.83. The topological polar surface area (TPSA) is 42.2 Å². The Labute approximate surface area is 332 Å². The molecule has 0 N–H and O–H groups in total. The van der Waals surface area contributed by atoms with Crippen LogP contribution in [0.2, 0.25) is 0 Å². The number of pyridine rings is 2. The van der Waals surface area contributed by atoms with Gasteiger partial charge in [0.05, 0.1) is 5.69 Å². The van der Waals surface area contributed by atoms with Gasteiger partial charge in [-0.3, -0.25) is 0 Å². The van der Waals surface area contributed by atoms with Gasteiger partial charge in [-0.2, -0.15) is 5.46 Å². The van der Waals surface area contributed by atoms with Crippen LogP contribution in [0.5, 0.6) is 0 Å². The fourth-order valence-electron chi connectivity index (χ4n) is 7.67. The Balaban J connectivity index is 0.00000413. The molecule has 0 bridgehead atoms. The zero-order valence-electron chi connectivity index (χ0n) is 31.3. The van der Waals surface area contributed by atoms with Crippen molar-refractivity contribution in [2.24, 2.45) is 0 Å². The number of hydrogen-bond acceptors (Lipinski definition) is 4. The molecule has 8 aromatic rings. The van der Waals surface area contributed by atoms with Gasteiger partial charge in [-0.1, -0.05) is 102 Å². The van der Waals surface area contributed by atoms with Crippen LogP contribution in [0, 0.1) is 12.1 Å². The summed E-state index contributed by atoms with van der Waals surface area (Å²) in [4.78, 5) is 12.0. The van der Waals surface area contributed by atoms with E-state index in [1.165, 1.54) is 16.6 Å². The van der Waals surface area contributed by atoms with Crippen molar-refractivity contribution in [1.82, 2.24) is 9.97 Å². The summed E-state index contributed by atoms with van der Waals surface area (Å²) in [5.41, 5.74) is 14.4. The third-order valence-electron chi connectivity index (χ3n) is 10.5. The van der Waals surface area contributed by atoms with Crippen molar-refractivity contribution in [3.8, 4) is 22.5 Å². The van der Waals surface area contributed by atoms with Crippen molar-refractivity contribution in [1.29, 1.82) is 0 Å². The van der Waals surface area contributed by atoms with E-state index in [1.807, 2.05) is 24.5 Å². The third kappa shape index (κ3) is 6.19. The number of para-hydroxylation sites is 3. The minimum absolute atomic E-state index is 0. The fraction of sp³-hybridized carbons (Fsp3) is 0.167. The Bertz CT molecular complexity index is 2690. The molecule has 3 aromatic heterocycles. The van der Waals surface area contributed by atoms with Gasteiger partial charge in [-0.15, -0.1) is 59.1 Å². The second-order valence-electron chi connectivity index (χ2n) is 16.1. The molecule has 0 radical (unpaired) electrons. The van der Waals surface area contributed by atoms with Crippen molar-refractivity contribution < 1.29 is 25.5 Å². The molecule has 0 saturated heterocycles. The molecule has 1 aliphatic heterocycles. The number of rotatable bonds is 4. The first-order valence-corrected chi connectivity index (χ1v) is 18.4. The number of benzene rings is 5. The maximum absolute atomic E-state index is 6.64. The molecule has 0 atom stereocenters. The Morgan fingerprint density at radius 1 is 0.574 bits per heavy atom. The van der Waals surface area contributed by atoms with E-state index in [4.69, 9.17) is 14.4 Å². The van der Waals surface area contributed by atoms with Crippen molar-refractivity contribution in [3.05, 3.63) is 157 Å². The largest absolute Gasteiger partial charge is 2.00 e. The molecule has 9 rings (SSSR count). The molecule has 4 nitrogen and oxygen atoms in total. The molecule has 0 saturated carbocycles. The predicted octanol–water partition coefficient (Wildman–Crippen LogP) is 10.2. The SMILES string of the molecule is CC(C)(C)c1ccnc(-c2[c-]c(B3c4[c-]c(-c5cc(C(C)(C)C)ccn5)ccc4N(c4cccc5c4oc4ccccc45)c4ccccc43)ccc2)c1.[Pt+2]. The Morgan fingerprint density at radius 2 is 1.19 bits per heavy atom. The smallest absolute Gasteiger partial charge is 0.454 e.